The van der Waals surface area contributed by atoms with Crippen LogP contribution in [0.25, 0.3) is 0 Å². The molecule has 1 aromatic carbocycles. The molecule has 1 saturated carbocycles. The molecular formula is C12H14BrNO2S. The van der Waals surface area contributed by atoms with E-state index in [1.807, 2.05) is 30.0 Å². The topological polar surface area (TPSA) is 63.3 Å². The molecule has 5 heteroatoms. The van der Waals surface area contributed by atoms with Crippen LogP contribution in [0.3, 0.4) is 0 Å². The van der Waals surface area contributed by atoms with Crippen molar-refractivity contribution in [3.05, 3.63) is 28.2 Å². The monoisotopic (exact) mass is 315 g/mol. The normalized spacial score (nSPS) is 16.8. The fraction of sp³-hybridized carbons (Fsp3) is 0.417. The maximum Gasteiger partial charge on any atom is 0.320 e. The van der Waals surface area contributed by atoms with E-state index in [1.54, 1.807) is 0 Å². The number of nitrogens with two attached hydrogens (primary N) is 1. The molecule has 1 atom stereocenters. The summed E-state index contributed by atoms with van der Waals surface area (Å²) in [5, 5.41) is 9.52. The molecule has 0 heterocycles. The molecule has 1 aliphatic carbocycles. The third-order valence-electron chi connectivity index (χ3n) is 2.59. The van der Waals surface area contributed by atoms with Crippen LogP contribution in [0, 0.1) is 0 Å². The van der Waals surface area contributed by atoms with Crippen LogP contribution in [0.5, 0.6) is 0 Å². The van der Waals surface area contributed by atoms with E-state index < -0.39 is 12.0 Å². The summed E-state index contributed by atoms with van der Waals surface area (Å²) in [6.07, 6.45) is 2.95. The lowest BCUT2D eigenvalue weighted by Gasteiger charge is -2.09. The maximum absolute atomic E-state index is 10.7. The number of hydrogen-bond acceptors (Lipinski definition) is 3. The number of hydrogen-bond donors (Lipinski definition) is 2. The predicted molar refractivity (Wildman–Crippen MR) is 72.3 cm³/mol. The zero-order valence-electron chi connectivity index (χ0n) is 9.23. The van der Waals surface area contributed by atoms with E-state index in [2.05, 4.69) is 15.9 Å². The largest absolute Gasteiger partial charge is 0.480 e. The highest BCUT2D eigenvalue weighted by atomic mass is 79.9. The minimum Gasteiger partial charge on any atom is -0.480 e. The Morgan fingerprint density at radius 3 is 2.82 bits per heavy atom. The van der Waals surface area contributed by atoms with Crippen molar-refractivity contribution in [2.24, 2.45) is 5.73 Å². The highest BCUT2D eigenvalue weighted by molar-refractivity contribution is 9.10. The van der Waals surface area contributed by atoms with E-state index in [-0.39, 0.29) is 0 Å². The summed E-state index contributed by atoms with van der Waals surface area (Å²) < 4.78 is 1.03. The molecule has 0 aromatic heterocycles. The second-order valence-corrected chi connectivity index (χ2v) is 6.43. The molecule has 2 rings (SSSR count). The van der Waals surface area contributed by atoms with Crippen LogP contribution < -0.4 is 5.73 Å². The van der Waals surface area contributed by atoms with Crippen LogP contribution in [0.4, 0.5) is 0 Å². The second-order valence-electron chi connectivity index (χ2n) is 4.23. The van der Waals surface area contributed by atoms with E-state index >= 15 is 0 Å². The lowest BCUT2D eigenvalue weighted by molar-refractivity contribution is -0.138. The standard InChI is InChI=1S/C12H14BrNO2S/c13-9-5-7(6-10(14)12(15)16)1-4-11(9)17-8-2-3-8/h1,4-5,8,10H,2-3,6,14H2,(H,15,16). The third kappa shape index (κ3) is 3.72. The molecular weight excluding hydrogens is 302 g/mol. The Labute approximate surface area is 113 Å². The first kappa shape index (κ1) is 12.9. The first-order valence-corrected chi connectivity index (χ1v) is 7.17. The van der Waals surface area contributed by atoms with Crippen molar-refractivity contribution < 1.29 is 9.90 Å². The number of rotatable bonds is 5. The van der Waals surface area contributed by atoms with Gasteiger partial charge in [0.05, 0.1) is 0 Å². The van der Waals surface area contributed by atoms with Gasteiger partial charge < -0.3 is 10.8 Å². The Morgan fingerprint density at radius 2 is 2.29 bits per heavy atom. The Balaban J connectivity index is 2.04. The first-order valence-electron chi connectivity index (χ1n) is 5.49. The molecule has 3 nitrogen and oxygen atoms in total. The van der Waals surface area contributed by atoms with Crippen LogP contribution in [0.15, 0.2) is 27.6 Å². The fourth-order valence-electron chi connectivity index (χ4n) is 1.47. The number of thioether (sulfide) groups is 1. The van der Waals surface area contributed by atoms with Crippen LogP contribution in [-0.4, -0.2) is 22.4 Å². The van der Waals surface area contributed by atoms with Gasteiger partial charge in [-0.1, -0.05) is 6.07 Å². The van der Waals surface area contributed by atoms with Gasteiger partial charge in [-0.2, -0.15) is 0 Å². The van der Waals surface area contributed by atoms with Crippen LogP contribution >= 0.6 is 27.7 Å². The van der Waals surface area contributed by atoms with Crippen molar-refractivity contribution in [3.8, 4) is 0 Å². The van der Waals surface area contributed by atoms with Gasteiger partial charge in [-0.15, -0.1) is 11.8 Å². The number of carbonyl (C=O) groups is 1. The molecule has 0 saturated heterocycles. The van der Waals surface area contributed by atoms with Crippen molar-refractivity contribution in [1.82, 2.24) is 0 Å². The quantitative estimate of drug-likeness (QED) is 0.876. The van der Waals surface area contributed by atoms with Gasteiger partial charge in [-0.25, -0.2) is 0 Å². The molecule has 1 unspecified atom stereocenters. The SMILES string of the molecule is NC(Cc1ccc(SC2CC2)c(Br)c1)C(=O)O. The fourth-order valence-corrected chi connectivity index (χ4v) is 3.23. The van der Waals surface area contributed by atoms with Gasteiger partial charge in [-0.05, 0) is 52.9 Å². The van der Waals surface area contributed by atoms with Crippen molar-refractivity contribution in [1.29, 1.82) is 0 Å². The Kier molecular flexibility index (Phi) is 4.12. The molecule has 0 bridgehead atoms. The summed E-state index contributed by atoms with van der Waals surface area (Å²) in [7, 11) is 0. The number of halogens is 1. The van der Waals surface area contributed by atoms with Crippen molar-refractivity contribution in [2.45, 2.75) is 35.4 Å². The molecule has 3 N–H and O–H groups in total. The van der Waals surface area contributed by atoms with Gasteiger partial charge in [0.15, 0.2) is 0 Å². The maximum atomic E-state index is 10.7. The third-order valence-corrected chi connectivity index (χ3v) is 4.92. The average Bonchev–Trinajstić information content (AvgIpc) is 3.06. The molecule has 0 aliphatic heterocycles. The van der Waals surface area contributed by atoms with E-state index in [4.69, 9.17) is 10.8 Å². The van der Waals surface area contributed by atoms with Crippen LogP contribution in [0.1, 0.15) is 18.4 Å². The minimum absolute atomic E-state index is 0.363. The van der Waals surface area contributed by atoms with Crippen LogP contribution in [0.2, 0.25) is 0 Å². The molecule has 0 radical (unpaired) electrons. The smallest absolute Gasteiger partial charge is 0.320 e. The minimum atomic E-state index is -0.961. The molecule has 0 amide bonds. The van der Waals surface area contributed by atoms with E-state index in [0.717, 1.165) is 15.3 Å². The number of carboxylic acid groups (broad SMARTS) is 1. The van der Waals surface area contributed by atoms with Crippen molar-refractivity contribution in [2.75, 3.05) is 0 Å². The summed E-state index contributed by atoms with van der Waals surface area (Å²) in [5.74, 6) is -0.961. The number of aliphatic carboxylic acids is 1. The summed E-state index contributed by atoms with van der Waals surface area (Å²) in [6, 6.07) is 5.13. The Hall–Kier alpha value is -0.520. The highest BCUT2D eigenvalue weighted by Crippen LogP contribution is 2.42. The van der Waals surface area contributed by atoms with Gasteiger partial charge in [0.2, 0.25) is 0 Å². The zero-order valence-corrected chi connectivity index (χ0v) is 11.6. The average molecular weight is 316 g/mol. The first-order chi connectivity index (χ1) is 8.06. The van der Waals surface area contributed by atoms with E-state index in [1.165, 1.54) is 17.7 Å². The lowest BCUT2D eigenvalue weighted by atomic mass is 10.1. The molecule has 1 aromatic rings. The molecule has 0 spiro atoms. The second kappa shape index (κ2) is 5.42. The number of carboxylic acids is 1. The molecule has 1 fully saturated rings. The molecule has 92 valence electrons. The van der Waals surface area contributed by atoms with Crippen molar-refractivity contribution >= 4 is 33.7 Å². The van der Waals surface area contributed by atoms with E-state index in [9.17, 15) is 4.79 Å². The van der Waals surface area contributed by atoms with Gasteiger partial charge in [0.25, 0.3) is 0 Å². The van der Waals surface area contributed by atoms with Gasteiger partial charge >= 0.3 is 5.97 Å². The van der Waals surface area contributed by atoms with Crippen LogP contribution in [-0.2, 0) is 11.2 Å². The van der Waals surface area contributed by atoms with Gasteiger partial charge in [0, 0.05) is 14.6 Å². The summed E-state index contributed by atoms with van der Waals surface area (Å²) in [4.78, 5) is 11.9. The Morgan fingerprint density at radius 1 is 1.59 bits per heavy atom. The predicted octanol–water partition coefficient (Wildman–Crippen LogP) is 2.66. The summed E-state index contributed by atoms with van der Waals surface area (Å²) in [5.41, 5.74) is 6.46. The van der Waals surface area contributed by atoms with E-state index in [0.29, 0.717) is 6.42 Å². The number of benzene rings is 1. The summed E-state index contributed by atoms with van der Waals surface area (Å²) in [6.45, 7) is 0. The van der Waals surface area contributed by atoms with Crippen molar-refractivity contribution in [3.63, 3.8) is 0 Å². The zero-order chi connectivity index (χ0) is 12.4. The Bertz CT molecular complexity index is 435. The van der Waals surface area contributed by atoms with Gasteiger partial charge in [-0.3, -0.25) is 4.79 Å². The lowest BCUT2D eigenvalue weighted by Crippen LogP contribution is -2.32. The van der Waals surface area contributed by atoms with Gasteiger partial charge in [0.1, 0.15) is 6.04 Å². The molecule has 17 heavy (non-hydrogen) atoms. The molecule has 1 aliphatic rings. The highest BCUT2D eigenvalue weighted by Gasteiger charge is 2.23. The summed E-state index contributed by atoms with van der Waals surface area (Å²) >= 11 is 5.40.